The van der Waals surface area contributed by atoms with E-state index in [1.165, 1.54) is 31.4 Å². The first-order chi connectivity index (χ1) is 12.7. The third-order valence-corrected chi connectivity index (χ3v) is 3.52. The number of alkyl halides is 3. The number of hydrogen-bond acceptors (Lipinski definition) is 4. The maximum Gasteiger partial charge on any atom is 0.416 e. The van der Waals surface area contributed by atoms with Gasteiger partial charge in [0, 0.05) is 12.1 Å². The summed E-state index contributed by atoms with van der Waals surface area (Å²) in [6, 6.07) is 7.84. The Morgan fingerprint density at radius 1 is 1.22 bits per heavy atom. The number of carbonyl (C=O) groups is 1. The lowest BCUT2D eigenvalue weighted by atomic mass is 10.2. The molecule has 0 saturated carbocycles. The van der Waals surface area contributed by atoms with Gasteiger partial charge >= 0.3 is 6.18 Å². The topological polar surface area (TPSA) is 67.8 Å². The van der Waals surface area contributed by atoms with Crippen LogP contribution >= 0.6 is 0 Å². The molecule has 1 amide bonds. The van der Waals surface area contributed by atoms with E-state index in [1.807, 2.05) is 0 Å². The van der Waals surface area contributed by atoms with E-state index in [0.29, 0.717) is 0 Å². The highest BCUT2D eigenvalue weighted by Gasteiger charge is 2.30. The fourth-order valence-electron chi connectivity index (χ4n) is 2.13. The Bertz CT molecular complexity index is 795. The monoisotopic (exact) mass is 387 g/mol. The molecule has 1 atom stereocenters. The lowest BCUT2D eigenvalue weighted by Crippen LogP contribution is -2.35. The summed E-state index contributed by atoms with van der Waals surface area (Å²) < 4.78 is 61.3. The van der Waals surface area contributed by atoms with Gasteiger partial charge in [-0.2, -0.15) is 13.2 Å². The number of methoxy groups -OCH3 is 1. The van der Waals surface area contributed by atoms with Crippen LogP contribution in [-0.4, -0.2) is 37.4 Å². The van der Waals surface area contributed by atoms with E-state index in [9.17, 15) is 27.5 Å². The van der Waals surface area contributed by atoms with Gasteiger partial charge in [-0.25, -0.2) is 4.39 Å². The molecule has 0 saturated heterocycles. The summed E-state index contributed by atoms with van der Waals surface area (Å²) in [7, 11) is 1.29. The molecule has 0 bridgehead atoms. The molecule has 2 aromatic carbocycles. The maximum absolute atomic E-state index is 13.6. The first-order valence-corrected chi connectivity index (χ1v) is 7.80. The molecule has 9 heteroatoms. The van der Waals surface area contributed by atoms with Crippen molar-refractivity contribution in [3.05, 3.63) is 59.4 Å². The molecule has 0 aromatic heterocycles. The molecule has 0 heterocycles. The van der Waals surface area contributed by atoms with Crippen molar-refractivity contribution >= 4 is 5.91 Å². The molecule has 2 N–H and O–H groups in total. The van der Waals surface area contributed by atoms with E-state index in [1.54, 1.807) is 0 Å². The van der Waals surface area contributed by atoms with Crippen LogP contribution in [0.2, 0.25) is 0 Å². The average Bonchev–Trinajstić information content (AvgIpc) is 2.63. The number of halogens is 4. The summed E-state index contributed by atoms with van der Waals surface area (Å²) in [5, 5.41) is 12.2. The van der Waals surface area contributed by atoms with Crippen molar-refractivity contribution in [2.24, 2.45) is 0 Å². The van der Waals surface area contributed by atoms with Gasteiger partial charge < -0.3 is 19.9 Å². The number of aliphatic hydroxyl groups is 1. The van der Waals surface area contributed by atoms with E-state index in [4.69, 9.17) is 9.47 Å². The fraction of sp³-hybridized carbons (Fsp3) is 0.278. The van der Waals surface area contributed by atoms with Gasteiger partial charge in [0.15, 0.2) is 11.6 Å². The highest BCUT2D eigenvalue weighted by molar-refractivity contribution is 5.94. The van der Waals surface area contributed by atoms with Crippen LogP contribution in [0.3, 0.4) is 0 Å². The molecule has 0 aliphatic heterocycles. The van der Waals surface area contributed by atoms with Crippen LogP contribution in [0.1, 0.15) is 15.9 Å². The van der Waals surface area contributed by atoms with E-state index >= 15 is 0 Å². The molecule has 2 rings (SSSR count). The molecule has 5 nitrogen and oxygen atoms in total. The largest absolute Gasteiger partial charge is 0.494 e. The van der Waals surface area contributed by atoms with Crippen LogP contribution in [0, 0.1) is 5.82 Å². The number of ether oxygens (including phenoxy) is 2. The zero-order valence-corrected chi connectivity index (χ0v) is 14.2. The standard InChI is InChI=1S/C18H17F4NO4/c1-26-16-6-5-11(7-15(16)19)17(25)23-9-13(24)10-27-14-4-2-3-12(8-14)18(20,21)22/h2-8,13,24H,9-10H2,1H3,(H,23,25). The lowest BCUT2D eigenvalue weighted by Gasteiger charge is -2.14. The molecular formula is C18H17F4NO4. The van der Waals surface area contributed by atoms with Crippen LogP contribution in [0.5, 0.6) is 11.5 Å². The van der Waals surface area contributed by atoms with E-state index in [-0.39, 0.29) is 30.2 Å². The van der Waals surface area contributed by atoms with Crippen molar-refractivity contribution in [1.82, 2.24) is 5.32 Å². The van der Waals surface area contributed by atoms with Crippen LogP contribution in [-0.2, 0) is 6.18 Å². The summed E-state index contributed by atoms with van der Waals surface area (Å²) >= 11 is 0. The van der Waals surface area contributed by atoms with Crippen molar-refractivity contribution in [3.8, 4) is 11.5 Å². The van der Waals surface area contributed by atoms with Crippen molar-refractivity contribution in [3.63, 3.8) is 0 Å². The summed E-state index contributed by atoms with van der Waals surface area (Å²) in [5.74, 6) is -1.42. The molecule has 0 aliphatic rings. The third kappa shape index (κ3) is 5.85. The van der Waals surface area contributed by atoms with Crippen LogP contribution in [0.25, 0.3) is 0 Å². The smallest absolute Gasteiger partial charge is 0.416 e. The quantitative estimate of drug-likeness (QED) is 0.717. The molecule has 1 unspecified atom stereocenters. The Labute approximate surface area is 152 Å². The Kier molecular flexibility index (Phi) is 6.62. The van der Waals surface area contributed by atoms with Gasteiger partial charge in [-0.1, -0.05) is 6.07 Å². The number of carbonyl (C=O) groups excluding carboxylic acids is 1. The second-order valence-electron chi connectivity index (χ2n) is 5.55. The predicted octanol–water partition coefficient (Wildman–Crippen LogP) is 3.02. The predicted molar refractivity (Wildman–Crippen MR) is 88.2 cm³/mol. The summed E-state index contributed by atoms with van der Waals surface area (Å²) in [6.07, 6.45) is -5.67. The Balaban J connectivity index is 1.85. The van der Waals surface area contributed by atoms with Crippen LogP contribution < -0.4 is 14.8 Å². The molecule has 0 aliphatic carbocycles. The normalized spacial score (nSPS) is 12.4. The minimum absolute atomic E-state index is 0.0129. The van der Waals surface area contributed by atoms with Gasteiger partial charge in [0.25, 0.3) is 5.91 Å². The Morgan fingerprint density at radius 3 is 2.59 bits per heavy atom. The SMILES string of the molecule is COc1ccc(C(=O)NCC(O)COc2cccc(C(F)(F)F)c2)cc1F. The number of rotatable bonds is 7. The van der Waals surface area contributed by atoms with Crippen LogP contribution in [0.4, 0.5) is 17.6 Å². The highest BCUT2D eigenvalue weighted by Crippen LogP contribution is 2.31. The summed E-state index contributed by atoms with van der Waals surface area (Å²) in [5.41, 5.74) is -0.844. The zero-order valence-electron chi connectivity index (χ0n) is 14.2. The Morgan fingerprint density at radius 2 is 1.96 bits per heavy atom. The van der Waals surface area contributed by atoms with Gasteiger partial charge in [-0.15, -0.1) is 0 Å². The third-order valence-electron chi connectivity index (χ3n) is 3.52. The second kappa shape index (κ2) is 8.72. The maximum atomic E-state index is 13.6. The summed E-state index contributed by atoms with van der Waals surface area (Å²) in [6.45, 7) is -0.565. The van der Waals surface area contributed by atoms with Crippen molar-refractivity contribution in [1.29, 1.82) is 0 Å². The number of hydrogen-bond donors (Lipinski definition) is 2. The van der Waals surface area contributed by atoms with Crippen molar-refractivity contribution in [2.75, 3.05) is 20.3 Å². The van der Waals surface area contributed by atoms with Gasteiger partial charge in [0.05, 0.1) is 12.7 Å². The van der Waals surface area contributed by atoms with Gasteiger partial charge in [0.2, 0.25) is 0 Å². The first-order valence-electron chi connectivity index (χ1n) is 7.80. The van der Waals surface area contributed by atoms with Gasteiger partial charge in [0.1, 0.15) is 18.5 Å². The van der Waals surface area contributed by atoms with Crippen molar-refractivity contribution < 1.29 is 36.9 Å². The molecule has 2 aromatic rings. The average molecular weight is 387 g/mol. The van der Waals surface area contributed by atoms with E-state index in [2.05, 4.69) is 5.32 Å². The lowest BCUT2D eigenvalue weighted by molar-refractivity contribution is -0.137. The molecule has 0 radical (unpaired) electrons. The molecule has 0 spiro atoms. The number of benzene rings is 2. The number of nitrogens with one attached hydrogen (secondary N) is 1. The zero-order chi connectivity index (χ0) is 20.0. The summed E-state index contributed by atoms with van der Waals surface area (Å²) in [4.78, 5) is 11.9. The minimum atomic E-state index is -4.50. The Hall–Kier alpha value is -2.81. The highest BCUT2D eigenvalue weighted by atomic mass is 19.4. The fourth-order valence-corrected chi connectivity index (χ4v) is 2.13. The van der Waals surface area contributed by atoms with E-state index < -0.39 is 29.6 Å². The van der Waals surface area contributed by atoms with Gasteiger partial charge in [-0.3, -0.25) is 4.79 Å². The molecule has 146 valence electrons. The van der Waals surface area contributed by atoms with Crippen molar-refractivity contribution in [2.45, 2.75) is 12.3 Å². The van der Waals surface area contributed by atoms with E-state index in [0.717, 1.165) is 18.2 Å². The number of amides is 1. The molecule has 0 fully saturated rings. The van der Waals surface area contributed by atoms with Crippen LogP contribution in [0.15, 0.2) is 42.5 Å². The first kappa shape index (κ1) is 20.5. The number of aliphatic hydroxyl groups excluding tert-OH is 1. The second-order valence-corrected chi connectivity index (χ2v) is 5.55. The molecular weight excluding hydrogens is 370 g/mol. The van der Waals surface area contributed by atoms with Gasteiger partial charge in [-0.05, 0) is 36.4 Å². The molecule has 27 heavy (non-hydrogen) atoms. The minimum Gasteiger partial charge on any atom is -0.494 e.